The van der Waals surface area contributed by atoms with Gasteiger partial charge in [-0.15, -0.1) is 0 Å². The highest BCUT2D eigenvalue weighted by Gasteiger charge is 2.41. The third kappa shape index (κ3) is 4.78. The molecule has 5 rings (SSSR count). The lowest BCUT2D eigenvalue weighted by Crippen LogP contribution is -2.39. The summed E-state index contributed by atoms with van der Waals surface area (Å²) in [5.41, 5.74) is 2.96. The second kappa shape index (κ2) is 9.99. The first-order valence-electron chi connectivity index (χ1n) is 11.4. The van der Waals surface area contributed by atoms with Crippen molar-refractivity contribution in [2.45, 2.75) is 18.5 Å². The molecule has 1 aromatic carbocycles. The Balaban J connectivity index is 1.44. The molecule has 3 aromatic rings. The Morgan fingerprint density at radius 2 is 1.85 bits per heavy atom. The number of nitrogens with zero attached hydrogens (tertiary/aromatic N) is 4. The summed E-state index contributed by atoms with van der Waals surface area (Å²) in [4.78, 5) is 9.36. The summed E-state index contributed by atoms with van der Waals surface area (Å²) in [6.45, 7) is 5.43. The molecular formula is C25H28FN5OS. The lowest BCUT2D eigenvalue weighted by molar-refractivity contribution is 0.0365. The molecule has 2 fully saturated rings. The van der Waals surface area contributed by atoms with Gasteiger partial charge in [0.05, 0.1) is 31.0 Å². The van der Waals surface area contributed by atoms with Crippen LogP contribution in [0.25, 0.3) is 5.69 Å². The van der Waals surface area contributed by atoms with Crippen molar-refractivity contribution in [3.05, 3.63) is 84.2 Å². The van der Waals surface area contributed by atoms with Crippen molar-refractivity contribution >= 4 is 17.3 Å². The number of rotatable bonds is 7. The number of hydrogen-bond donors (Lipinski definition) is 1. The minimum Gasteiger partial charge on any atom is -0.379 e. The molecule has 0 bridgehead atoms. The van der Waals surface area contributed by atoms with Crippen LogP contribution in [0.15, 0.2) is 67.0 Å². The van der Waals surface area contributed by atoms with Crippen LogP contribution in [0.5, 0.6) is 0 Å². The predicted octanol–water partition coefficient (Wildman–Crippen LogP) is 3.71. The molecule has 2 aliphatic heterocycles. The molecule has 0 saturated carbocycles. The highest BCUT2D eigenvalue weighted by atomic mass is 32.1. The minimum atomic E-state index is -0.243. The van der Waals surface area contributed by atoms with E-state index in [2.05, 4.69) is 30.7 Å². The number of pyridine rings is 1. The van der Waals surface area contributed by atoms with Crippen LogP contribution in [0.2, 0.25) is 0 Å². The number of nitrogens with one attached hydrogen (secondary N) is 1. The van der Waals surface area contributed by atoms with Gasteiger partial charge in [0.15, 0.2) is 5.11 Å². The van der Waals surface area contributed by atoms with Gasteiger partial charge in [0.1, 0.15) is 5.82 Å². The monoisotopic (exact) mass is 465 g/mol. The molecule has 0 radical (unpaired) electrons. The fourth-order valence-corrected chi connectivity index (χ4v) is 5.06. The van der Waals surface area contributed by atoms with Crippen molar-refractivity contribution in [3.63, 3.8) is 0 Å². The number of hydrogen-bond acceptors (Lipinski definition) is 4. The molecule has 0 amide bonds. The van der Waals surface area contributed by atoms with E-state index in [-0.39, 0.29) is 17.9 Å². The van der Waals surface area contributed by atoms with Crippen molar-refractivity contribution < 1.29 is 9.13 Å². The van der Waals surface area contributed by atoms with Crippen LogP contribution in [0, 0.1) is 5.82 Å². The Hall–Kier alpha value is -2.81. The highest BCUT2D eigenvalue weighted by Crippen LogP contribution is 2.39. The van der Waals surface area contributed by atoms with E-state index in [0.717, 1.165) is 68.0 Å². The topological polar surface area (TPSA) is 45.6 Å². The summed E-state index contributed by atoms with van der Waals surface area (Å²) in [5, 5.41) is 4.26. The first kappa shape index (κ1) is 22.0. The van der Waals surface area contributed by atoms with E-state index in [0.29, 0.717) is 0 Å². The molecule has 172 valence electrons. The number of benzene rings is 1. The minimum absolute atomic E-state index is 0.0304. The Morgan fingerprint density at radius 3 is 2.61 bits per heavy atom. The van der Waals surface area contributed by atoms with Gasteiger partial charge in [-0.2, -0.15) is 0 Å². The maximum atomic E-state index is 13.6. The fourth-order valence-electron chi connectivity index (χ4n) is 4.73. The first-order valence-corrected chi connectivity index (χ1v) is 11.8. The summed E-state index contributed by atoms with van der Waals surface area (Å²) in [7, 11) is 0. The zero-order chi connectivity index (χ0) is 22.6. The summed E-state index contributed by atoms with van der Waals surface area (Å²) in [5.74, 6) is -0.243. The van der Waals surface area contributed by atoms with Crippen LogP contribution < -0.4 is 5.32 Å². The zero-order valence-corrected chi connectivity index (χ0v) is 19.3. The van der Waals surface area contributed by atoms with Gasteiger partial charge in [-0.1, -0.05) is 6.07 Å². The molecule has 2 atom stereocenters. The lowest BCUT2D eigenvalue weighted by atomic mass is 10.0. The quantitative estimate of drug-likeness (QED) is 0.537. The number of thiocarbonyl (C=S) groups is 1. The van der Waals surface area contributed by atoms with Crippen LogP contribution in [0.4, 0.5) is 4.39 Å². The number of aromatic nitrogens is 2. The molecule has 0 unspecified atom stereocenters. The molecule has 1 N–H and O–H groups in total. The average Bonchev–Trinajstić information content (AvgIpc) is 3.45. The number of halogens is 1. The van der Waals surface area contributed by atoms with Crippen molar-refractivity contribution in [3.8, 4) is 5.69 Å². The van der Waals surface area contributed by atoms with E-state index in [1.165, 1.54) is 12.1 Å². The van der Waals surface area contributed by atoms with Gasteiger partial charge in [-0.05, 0) is 67.2 Å². The van der Waals surface area contributed by atoms with E-state index >= 15 is 0 Å². The third-order valence-corrected chi connectivity index (χ3v) is 6.72. The molecule has 2 aromatic heterocycles. The summed E-state index contributed by atoms with van der Waals surface area (Å²) in [6, 6.07) is 16.6. The Kier molecular flexibility index (Phi) is 6.66. The Bertz CT molecular complexity index is 1070. The summed E-state index contributed by atoms with van der Waals surface area (Å²) in [6.07, 6.45) is 4.84. The van der Waals surface area contributed by atoms with Crippen LogP contribution >= 0.6 is 12.2 Å². The molecule has 2 saturated heterocycles. The van der Waals surface area contributed by atoms with Crippen LogP contribution in [0.3, 0.4) is 0 Å². The number of morpholine rings is 1. The van der Waals surface area contributed by atoms with Gasteiger partial charge >= 0.3 is 0 Å². The second-order valence-corrected chi connectivity index (χ2v) is 8.79. The number of ether oxygens (including phenoxy) is 1. The van der Waals surface area contributed by atoms with E-state index < -0.39 is 0 Å². The van der Waals surface area contributed by atoms with E-state index in [1.807, 2.05) is 36.7 Å². The van der Waals surface area contributed by atoms with Crippen LogP contribution in [-0.2, 0) is 4.74 Å². The van der Waals surface area contributed by atoms with Gasteiger partial charge in [0, 0.05) is 50.0 Å². The molecule has 4 heterocycles. The molecule has 33 heavy (non-hydrogen) atoms. The smallest absolute Gasteiger partial charge is 0.170 e. The van der Waals surface area contributed by atoms with E-state index in [4.69, 9.17) is 17.0 Å². The average molecular weight is 466 g/mol. The molecule has 2 aliphatic rings. The highest BCUT2D eigenvalue weighted by molar-refractivity contribution is 7.80. The molecule has 0 aliphatic carbocycles. The van der Waals surface area contributed by atoms with Crippen molar-refractivity contribution in [1.29, 1.82) is 0 Å². The van der Waals surface area contributed by atoms with Gasteiger partial charge in [-0.25, -0.2) is 4.39 Å². The van der Waals surface area contributed by atoms with Crippen molar-refractivity contribution in [2.75, 3.05) is 39.4 Å². The van der Waals surface area contributed by atoms with Crippen molar-refractivity contribution in [2.24, 2.45) is 0 Å². The normalized spacial score (nSPS) is 21.4. The van der Waals surface area contributed by atoms with Gasteiger partial charge in [0.2, 0.25) is 0 Å². The van der Waals surface area contributed by atoms with Gasteiger partial charge in [0.25, 0.3) is 0 Å². The van der Waals surface area contributed by atoms with E-state index in [1.54, 1.807) is 12.1 Å². The van der Waals surface area contributed by atoms with Gasteiger partial charge < -0.3 is 19.5 Å². The maximum absolute atomic E-state index is 13.6. The first-order chi connectivity index (χ1) is 16.2. The lowest BCUT2D eigenvalue weighted by Gasteiger charge is -2.31. The van der Waals surface area contributed by atoms with Crippen LogP contribution in [-0.4, -0.2) is 63.9 Å². The molecule has 6 nitrogen and oxygen atoms in total. The fraction of sp³-hybridized carbons (Fsp3) is 0.360. The van der Waals surface area contributed by atoms with Crippen LogP contribution in [0.1, 0.15) is 29.9 Å². The molecule has 0 spiro atoms. The van der Waals surface area contributed by atoms with Gasteiger partial charge in [-0.3, -0.25) is 9.88 Å². The van der Waals surface area contributed by atoms with Crippen molar-refractivity contribution in [1.82, 2.24) is 24.7 Å². The zero-order valence-electron chi connectivity index (χ0n) is 18.4. The largest absolute Gasteiger partial charge is 0.379 e. The summed E-state index contributed by atoms with van der Waals surface area (Å²) >= 11 is 5.81. The Labute approximate surface area is 199 Å². The SMILES string of the molecule is Fc1ccc(-n2cccc2[C@@H]2[C@H](c3ccccn3)NC(=S)N2CCCN2CCOCC2)cc1. The predicted molar refractivity (Wildman–Crippen MR) is 130 cm³/mol. The maximum Gasteiger partial charge on any atom is 0.170 e. The second-order valence-electron chi connectivity index (χ2n) is 8.41. The van der Waals surface area contributed by atoms with E-state index in [9.17, 15) is 4.39 Å². The third-order valence-electron chi connectivity index (χ3n) is 6.36. The molecule has 8 heteroatoms. The standard InChI is InChI=1S/C25H28FN5OS/c26-19-7-9-20(10-8-19)30-13-3-6-22(30)24-23(21-5-1-2-11-27-21)28-25(33)31(24)14-4-12-29-15-17-32-18-16-29/h1-3,5-11,13,23-24H,4,12,14-18H2,(H,28,33)/t23-,24+/m0/s1. The summed E-state index contributed by atoms with van der Waals surface area (Å²) < 4.78 is 21.1. The Morgan fingerprint density at radius 1 is 1.03 bits per heavy atom. The molecular weight excluding hydrogens is 437 g/mol.